The van der Waals surface area contributed by atoms with Gasteiger partial charge in [0, 0.05) is 20.2 Å². The number of benzene rings is 1. The Balaban J connectivity index is 2.36. The predicted molar refractivity (Wildman–Crippen MR) is 114 cm³/mol. The Bertz CT molecular complexity index is 739. The summed E-state index contributed by atoms with van der Waals surface area (Å²) in [5, 5.41) is 12.1. The summed E-state index contributed by atoms with van der Waals surface area (Å²) >= 11 is 0. The van der Waals surface area contributed by atoms with Gasteiger partial charge in [-0.1, -0.05) is 19.1 Å². The lowest BCUT2D eigenvalue weighted by Crippen LogP contribution is -2.54. The molecule has 1 heterocycles. The number of methoxy groups -OCH3 is 2. The molecule has 2 rings (SSSR count). The normalized spacial score (nSPS) is 18.1. The molecule has 31 heavy (non-hydrogen) atoms. The van der Waals surface area contributed by atoms with Crippen LogP contribution >= 0.6 is 0 Å². The van der Waals surface area contributed by atoms with Crippen molar-refractivity contribution in [3.05, 3.63) is 29.8 Å². The van der Waals surface area contributed by atoms with E-state index in [-0.39, 0.29) is 11.8 Å². The molecule has 9 heteroatoms. The van der Waals surface area contributed by atoms with E-state index in [0.717, 1.165) is 12.8 Å². The van der Waals surface area contributed by atoms with Gasteiger partial charge in [0.1, 0.15) is 11.8 Å². The number of amides is 3. The van der Waals surface area contributed by atoms with Gasteiger partial charge in [-0.15, -0.1) is 0 Å². The average Bonchev–Trinajstić information content (AvgIpc) is 2.81. The molecule has 1 unspecified atom stereocenters. The van der Waals surface area contributed by atoms with Crippen molar-refractivity contribution in [1.29, 1.82) is 0 Å². The number of nitrogens with one attached hydrogen (secondary N) is 2. The summed E-state index contributed by atoms with van der Waals surface area (Å²) in [6, 6.07) is 6.33. The minimum absolute atomic E-state index is 0.224. The number of carbonyl (C=O) groups is 3. The lowest BCUT2D eigenvalue weighted by molar-refractivity contribution is -0.147. The third kappa shape index (κ3) is 6.18. The summed E-state index contributed by atoms with van der Waals surface area (Å²) in [7, 11) is 3.10. The second kappa shape index (κ2) is 12.3. The highest BCUT2D eigenvalue weighted by Crippen LogP contribution is 2.33. The van der Waals surface area contributed by atoms with Crippen molar-refractivity contribution in [2.75, 3.05) is 33.9 Å². The minimum atomic E-state index is -0.838. The van der Waals surface area contributed by atoms with E-state index in [1.807, 2.05) is 0 Å². The minimum Gasteiger partial charge on any atom is -0.497 e. The molecule has 172 valence electrons. The largest absolute Gasteiger partial charge is 0.497 e. The number of nitrogens with zero attached hydrogens (tertiary/aromatic N) is 1. The van der Waals surface area contributed by atoms with Gasteiger partial charge in [0.2, 0.25) is 17.7 Å². The lowest BCUT2D eigenvalue weighted by atomic mass is 9.81. The number of ether oxygens (including phenoxy) is 2. The molecule has 0 radical (unpaired) electrons. The van der Waals surface area contributed by atoms with Gasteiger partial charge < -0.3 is 19.7 Å². The molecule has 1 saturated heterocycles. The highest BCUT2D eigenvalue weighted by Gasteiger charge is 2.41. The molecule has 1 aromatic rings. The van der Waals surface area contributed by atoms with Crippen LogP contribution in [0.4, 0.5) is 0 Å². The van der Waals surface area contributed by atoms with Gasteiger partial charge in [-0.05, 0) is 43.4 Å². The SMILES string of the molecule is CC[C@H](C(=O)NO)C(C(=O)N1CCCC[C@H]1C(=O)NCCOC)c1ccc(OC)cc1. The van der Waals surface area contributed by atoms with Crippen molar-refractivity contribution in [2.45, 2.75) is 44.6 Å². The van der Waals surface area contributed by atoms with E-state index >= 15 is 0 Å². The smallest absolute Gasteiger partial charge is 0.247 e. The molecule has 1 fully saturated rings. The number of hydrogen-bond acceptors (Lipinski definition) is 6. The number of hydrogen-bond donors (Lipinski definition) is 3. The molecule has 0 saturated carbocycles. The Hall–Kier alpha value is -2.65. The molecular formula is C22H33N3O6. The zero-order chi connectivity index (χ0) is 22.8. The van der Waals surface area contributed by atoms with Gasteiger partial charge in [0.15, 0.2) is 0 Å². The highest BCUT2D eigenvalue weighted by molar-refractivity contribution is 5.94. The standard InChI is InChI=1S/C22H33N3O6/c1-4-17(20(26)24-29)19(15-8-10-16(31-3)11-9-15)22(28)25-13-6-5-7-18(25)21(27)23-12-14-30-2/h8-11,17-19,29H,4-7,12-14H2,1-3H3,(H,23,27)(H,24,26)/t17-,18-,19?/m0/s1. The second-order valence-corrected chi connectivity index (χ2v) is 7.57. The molecule has 1 aromatic carbocycles. The van der Waals surface area contributed by atoms with Crippen LogP contribution in [0.3, 0.4) is 0 Å². The predicted octanol–water partition coefficient (Wildman–Crippen LogP) is 1.45. The van der Waals surface area contributed by atoms with Crippen LogP contribution in [0.5, 0.6) is 5.75 Å². The maximum atomic E-state index is 13.7. The van der Waals surface area contributed by atoms with E-state index in [4.69, 9.17) is 9.47 Å². The van der Waals surface area contributed by atoms with E-state index in [9.17, 15) is 19.6 Å². The van der Waals surface area contributed by atoms with E-state index in [1.165, 1.54) is 0 Å². The number of hydroxylamine groups is 1. The van der Waals surface area contributed by atoms with Crippen LogP contribution in [-0.4, -0.2) is 67.8 Å². The van der Waals surface area contributed by atoms with Crippen molar-refractivity contribution in [1.82, 2.24) is 15.7 Å². The van der Waals surface area contributed by atoms with Crippen LogP contribution in [0.25, 0.3) is 0 Å². The van der Waals surface area contributed by atoms with E-state index in [1.54, 1.807) is 55.8 Å². The van der Waals surface area contributed by atoms with E-state index in [0.29, 0.717) is 43.9 Å². The molecule has 3 amide bonds. The molecule has 3 N–H and O–H groups in total. The van der Waals surface area contributed by atoms with Gasteiger partial charge >= 0.3 is 0 Å². The topological polar surface area (TPSA) is 117 Å². The van der Waals surface area contributed by atoms with Crippen LogP contribution in [0.2, 0.25) is 0 Å². The van der Waals surface area contributed by atoms with Crippen LogP contribution in [-0.2, 0) is 19.1 Å². The summed E-state index contributed by atoms with van der Waals surface area (Å²) in [4.78, 5) is 40.5. The zero-order valence-electron chi connectivity index (χ0n) is 18.4. The van der Waals surface area contributed by atoms with Crippen molar-refractivity contribution >= 4 is 17.7 Å². The average molecular weight is 436 g/mol. The molecule has 0 bridgehead atoms. The Kier molecular flexibility index (Phi) is 9.74. The van der Waals surface area contributed by atoms with Gasteiger partial charge in [-0.25, -0.2) is 5.48 Å². The Morgan fingerprint density at radius 2 is 1.90 bits per heavy atom. The molecule has 1 aliphatic rings. The van der Waals surface area contributed by atoms with E-state index < -0.39 is 23.8 Å². The molecule has 0 aliphatic carbocycles. The van der Waals surface area contributed by atoms with Crippen molar-refractivity contribution in [3.8, 4) is 5.75 Å². The number of likely N-dealkylation sites (tertiary alicyclic amines) is 1. The molecule has 9 nitrogen and oxygen atoms in total. The molecular weight excluding hydrogens is 402 g/mol. The third-order valence-electron chi connectivity index (χ3n) is 5.72. The molecule has 3 atom stereocenters. The van der Waals surface area contributed by atoms with Gasteiger partial charge in [-0.2, -0.15) is 0 Å². The first-order chi connectivity index (χ1) is 15.0. The molecule has 0 aromatic heterocycles. The third-order valence-corrected chi connectivity index (χ3v) is 5.72. The zero-order valence-corrected chi connectivity index (χ0v) is 18.4. The van der Waals surface area contributed by atoms with Crippen LogP contribution in [0, 0.1) is 5.92 Å². The maximum absolute atomic E-state index is 13.7. The van der Waals surface area contributed by atoms with Crippen molar-refractivity contribution < 1.29 is 29.1 Å². The number of piperidine rings is 1. The Morgan fingerprint density at radius 1 is 1.19 bits per heavy atom. The summed E-state index contributed by atoms with van der Waals surface area (Å²) < 4.78 is 10.2. The first-order valence-electron chi connectivity index (χ1n) is 10.6. The summed E-state index contributed by atoms with van der Waals surface area (Å²) in [5.74, 6) is -2.15. The summed E-state index contributed by atoms with van der Waals surface area (Å²) in [5.41, 5.74) is 2.32. The molecule has 1 aliphatic heterocycles. The summed E-state index contributed by atoms with van der Waals surface area (Å²) in [6.45, 7) is 2.97. The van der Waals surface area contributed by atoms with Crippen molar-refractivity contribution in [2.24, 2.45) is 5.92 Å². The lowest BCUT2D eigenvalue weighted by Gasteiger charge is -2.38. The van der Waals surface area contributed by atoms with Gasteiger partial charge in [-0.3, -0.25) is 19.6 Å². The van der Waals surface area contributed by atoms with Crippen LogP contribution in [0.15, 0.2) is 24.3 Å². The number of rotatable bonds is 10. The number of carbonyl (C=O) groups excluding carboxylic acids is 3. The van der Waals surface area contributed by atoms with Crippen molar-refractivity contribution in [3.63, 3.8) is 0 Å². The first-order valence-corrected chi connectivity index (χ1v) is 10.6. The van der Waals surface area contributed by atoms with E-state index in [2.05, 4.69) is 5.32 Å². The van der Waals surface area contributed by atoms with Gasteiger partial charge in [0.25, 0.3) is 0 Å². The fraction of sp³-hybridized carbons (Fsp3) is 0.591. The quantitative estimate of drug-likeness (QED) is 0.291. The van der Waals surface area contributed by atoms with Crippen LogP contribution < -0.4 is 15.5 Å². The molecule has 0 spiro atoms. The fourth-order valence-electron chi connectivity index (χ4n) is 4.05. The highest BCUT2D eigenvalue weighted by atomic mass is 16.5. The monoisotopic (exact) mass is 435 g/mol. The Morgan fingerprint density at radius 3 is 2.48 bits per heavy atom. The maximum Gasteiger partial charge on any atom is 0.247 e. The Labute approximate surface area is 183 Å². The second-order valence-electron chi connectivity index (χ2n) is 7.57. The van der Waals surface area contributed by atoms with Gasteiger partial charge in [0.05, 0.1) is 25.6 Å². The first kappa shape index (κ1) is 24.6. The summed E-state index contributed by atoms with van der Waals surface area (Å²) in [6.07, 6.45) is 2.52. The van der Waals surface area contributed by atoms with Crippen LogP contribution in [0.1, 0.15) is 44.1 Å². The fourth-order valence-corrected chi connectivity index (χ4v) is 4.05.